The van der Waals surface area contributed by atoms with Crippen LogP contribution < -0.4 is 5.19 Å². The first kappa shape index (κ1) is 15.6. The summed E-state index contributed by atoms with van der Waals surface area (Å²) >= 11 is 0. The highest BCUT2D eigenvalue weighted by atomic mass is 28.4. The third-order valence-electron chi connectivity index (χ3n) is 2.45. The van der Waals surface area contributed by atoms with Gasteiger partial charge in [-0.05, 0) is 6.92 Å². The zero-order chi connectivity index (χ0) is 14.3. The number of esters is 1. The minimum Gasteiger partial charge on any atom is -0.436 e. The van der Waals surface area contributed by atoms with Gasteiger partial charge in [-0.25, -0.2) is 4.79 Å². The third kappa shape index (κ3) is 4.00. The molecule has 0 bridgehead atoms. The van der Waals surface area contributed by atoms with Crippen LogP contribution in [0.5, 0.6) is 0 Å². The predicted octanol–water partition coefficient (Wildman–Crippen LogP) is 1.22. The minimum atomic E-state index is -3.03. The quantitative estimate of drug-likeness (QED) is 0.326. The van der Waals surface area contributed by atoms with Gasteiger partial charge in [0.25, 0.3) is 0 Å². The number of hydrogen-bond donors (Lipinski definition) is 0. The molecule has 0 N–H and O–H groups in total. The van der Waals surface area contributed by atoms with E-state index in [1.165, 1.54) is 14.2 Å². The fraction of sp³-hybridized carbons (Fsp3) is 0.308. The van der Waals surface area contributed by atoms with Gasteiger partial charge in [-0.15, -0.1) is 0 Å². The predicted molar refractivity (Wildman–Crippen MR) is 72.7 cm³/mol. The largest absolute Gasteiger partial charge is 0.539 e. The minimum absolute atomic E-state index is 0.242. The van der Waals surface area contributed by atoms with Crippen LogP contribution in [0.2, 0.25) is 0 Å². The van der Waals surface area contributed by atoms with Crippen molar-refractivity contribution in [1.82, 2.24) is 0 Å². The summed E-state index contributed by atoms with van der Waals surface area (Å²) in [6.45, 7) is 4.81. The van der Waals surface area contributed by atoms with Gasteiger partial charge in [-0.1, -0.05) is 36.9 Å². The summed E-state index contributed by atoms with van der Waals surface area (Å²) < 4.78 is 21.2. The number of rotatable bonds is 7. The summed E-state index contributed by atoms with van der Waals surface area (Å²) in [6, 6.07) is 9.30. The first-order valence-electron chi connectivity index (χ1n) is 5.68. The zero-order valence-electron chi connectivity index (χ0n) is 11.3. The summed E-state index contributed by atoms with van der Waals surface area (Å²) in [6.07, 6.45) is 0. The highest BCUT2D eigenvalue weighted by Crippen LogP contribution is 2.08. The maximum Gasteiger partial charge on any atom is 0.539 e. The number of carbonyl (C=O) groups is 1. The maximum atomic E-state index is 11.3. The number of carbonyl (C=O) groups excluding carboxylic acids is 1. The van der Waals surface area contributed by atoms with Crippen molar-refractivity contribution >= 4 is 20.0 Å². The lowest BCUT2D eigenvalue weighted by Gasteiger charge is -2.26. The summed E-state index contributed by atoms with van der Waals surface area (Å²) in [5.41, 5.74) is 0.311. The second-order valence-electron chi connectivity index (χ2n) is 3.80. The van der Waals surface area contributed by atoms with E-state index in [0.29, 0.717) is 5.57 Å². The Morgan fingerprint density at radius 3 is 2.26 bits per heavy atom. The Kier molecular flexibility index (Phi) is 5.90. The van der Waals surface area contributed by atoms with Crippen LogP contribution in [0.4, 0.5) is 0 Å². The molecule has 19 heavy (non-hydrogen) atoms. The van der Waals surface area contributed by atoms with E-state index in [9.17, 15) is 4.79 Å². The van der Waals surface area contributed by atoms with E-state index >= 15 is 0 Å². The molecule has 0 saturated heterocycles. The molecule has 0 aromatic heterocycles. The molecule has 6 heteroatoms. The van der Waals surface area contributed by atoms with Crippen molar-refractivity contribution in [3.63, 3.8) is 0 Å². The highest BCUT2D eigenvalue weighted by molar-refractivity contribution is 6.75. The average Bonchev–Trinajstić information content (AvgIpc) is 2.44. The summed E-state index contributed by atoms with van der Waals surface area (Å²) in [4.78, 5) is 11.3. The zero-order valence-corrected chi connectivity index (χ0v) is 12.3. The van der Waals surface area contributed by atoms with Gasteiger partial charge in [-0.2, -0.15) is 0 Å². The molecule has 0 amide bonds. The molecule has 0 heterocycles. The summed E-state index contributed by atoms with van der Waals surface area (Å²) in [5, 5.41) is 0.798. The van der Waals surface area contributed by atoms with Gasteiger partial charge in [0.2, 0.25) is 0 Å². The first-order valence-corrected chi connectivity index (χ1v) is 7.40. The lowest BCUT2D eigenvalue weighted by Crippen LogP contribution is -2.55. The monoisotopic (exact) mass is 282 g/mol. The summed E-state index contributed by atoms with van der Waals surface area (Å²) in [5.74, 6) is -0.511. The van der Waals surface area contributed by atoms with Crippen molar-refractivity contribution in [2.45, 2.75) is 6.92 Å². The Labute approximate surface area is 114 Å². The van der Waals surface area contributed by atoms with Crippen LogP contribution in [0, 0.1) is 0 Å². The van der Waals surface area contributed by atoms with Crippen LogP contribution in [0.25, 0.3) is 0 Å². The maximum absolute atomic E-state index is 11.3. The van der Waals surface area contributed by atoms with Crippen LogP contribution in [0.3, 0.4) is 0 Å². The van der Waals surface area contributed by atoms with Crippen molar-refractivity contribution in [2.24, 2.45) is 0 Å². The third-order valence-corrected chi connectivity index (χ3v) is 5.07. The molecule has 104 valence electrons. The molecule has 5 nitrogen and oxygen atoms in total. The Bertz CT molecular complexity index is 428. The topological polar surface area (TPSA) is 54.0 Å². The van der Waals surface area contributed by atoms with Crippen molar-refractivity contribution in [2.75, 3.05) is 21.0 Å². The van der Waals surface area contributed by atoms with E-state index in [4.69, 9.17) is 18.0 Å². The lowest BCUT2D eigenvalue weighted by atomic mass is 10.4. The molecule has 1 aromatic carbocycles. The SMILES string of the molecule is C=C(C)C(=O)OCO[Si](OC)(OC)c1ccccc1. The summed E-state index contributed by atoms with van der Waals surface area (Å²) in [7, 11) is -0.0215. The Hall–Kier alpha value is -1.47. The Morgan fingerprint density at radius 2 is 1.79 bits per heavy atom. The molecule has 1 aromatic rings. The van der Waals surface area contributed by atoms with E-state index in [-0.39, 0.29) is 6.79 Å². The molecule has 0 saturated carbocycles. The number of benzene rings is 1. The molecular weight excluding hydrogens is 264 g/mol. The number of ether oxygens (including phenoxy) is 1. The molecule has 0 radical (unpaired) electrons. The van der Waals surface area contributed by atoms with Crippen LogP contribution in [0.1, 0.15) is 6.92 Å². The van der Waals surface area contributed by atoms with E-state index in [1.54, 1.807) is 6.92 Å². The van der Waals surface area contributed by atoms with E-state index < -0.39 is 14.8 Å². The van der Waals surface area contributed by atoms with E-state index in [0.717, 1.165) is 5.19 Å². The molecule has 0 fully saturated rings. The van der Waals surface area contributed by atoms with Crippen LogP contribution in [0.15, 0.2) is 42.5 Å². The van der Waals surface area contributed by atoms with Gasteiger partial charge < -0.3 is 18.0 Å². The van der Waals surface area contributed by atoms with Gasteiger partial charge in [0.05, 0.1) is 0 Å². The van der Waals surface area contributed by atoms with Gasteiger partial charge in [0, 0.05) is 25.0 Å². The Morgan fingerprint density at radius 1 is 1.21 bits per heavy atom. The standard InChI is InChI=1S/C13H18O5Si/c1-11(2)13(14)17-10-18-19(15-3,16-4)12-8-6-5-7-9-12/h5-9H,1,10H2,2-4H3. The van der Waals surface area contributed by atoms with Crippen LogP contribution in [-0.2, 0) is 22.8 Å². The van der Waals surface area contributed by atoms with Crippen molar-refractivity contribution in [3.05, 3.63) is 42.5 Å². The van der Waals surface area contributed by atoms with Crippen LogP contribution >= 0.6 is 0 Å². The fourth-order valence-corrected chi connectivity index (χ4v) is 3.30. The van der Waals surface area contributed by atoms with E-state index in [1.807, 2.05) is 30.3 Å². The fourth-order valence-electron chi connectivity index (χ4n) is 1.45. The first-order chi connectivity index (χ1) is 9.05. The number of hydrogen-bond acceptors (Lipinski definition) is 5. The van der Waals surface area contributed by atoms with Gasteiger partial charge in [0.15, 0.2) is 6.79 Å². The molecule has 1 rings (SSSR count). The van der Waals surface area contributed by atoms with Crippen molar-refractivity contribution < 1.29 is 22.8 Å². The smallest absolute Gasteiger partial charge is 0.436 e. The van der Waals surface area contributed by atoms with Gasteiger partial charge in [-0.3, -0.25) is 0 Å². The second-order valence-corrected chi connectivity index (χ2v) is 6.60. The molecule has 0 spiro atoms. The molecule has 0 aliphatic heterocycles. The van der Waals surface area contributed by atoms with E-state index in [2.05, 4.69) is 6.58 Å². The lowest BCUT2D eigenvalue weighted by molar-refractivity contribution is -0.147. The normalized spacial score (nSPS) is 11.1. The molecular formula is C13H18O5Si. The van der Waals surface area contributed by atoms with Crippen molar-refractivity contribution in [3.8, 4) is 0 Å². The molecule has 0 atom stereocenters. The van der Waals surface area contributed by atoms with Gasteiger partial charge >= 0.3 is 14.8 Å². The molecule has 0 aliphatic rings. The average molecular weight is 282 g/mol. The molecule has 0 unspecified atom stereocenters. The van der Waals surface area contributed by atoms with Crippen LogP contribution in [-0.4, -0.2) is 35.8 Å². The molecule has 0 aliphatic carbocycles. The Balaban J connectivity index is 2.73. The van der Waals surface area contributed by atoms with Crippen molar-refractivity contribution in [1.29, 1.82) is 0 Å². The van der Waals surface area contributed by atoms with Gasteiger partial charge in [0.1, 0.15) is 0 Å². The second kappa shape index (κ2) is 7.20. The highest BCUT2D eigenvalue weighted by Gasteiger charge is 2.42.